The summed E-state index contributed by atoms with van der Waals surface area (Å²) in [5.74, 6) is 0.340. The first-order chi connectivity index (χ1) is 9.02. The minimum absolute atomic E-state index is 0.143. The molecular weight excluding hydrogens is 282 g/mol. The van der Waals surface area contributed by atoms with Crippen LogP contribution in [0.15, 0.2) is 23.1 Å². The van der Waals surface area contributed by atoms with Crippen molar-refractivity contribution in [1.82, 2.24) is 4.31 Å². The molecule has 0 aromatic heterocycles. The van der Waals surface area contributed by atoms with Crippen LogP contribution in [-0.2, 0) is 15.9 Å². The van der Waals surface area contributed by atoms with E-state index in [1.807, 2.05) is 19.9 Å². The van der Waals surface area contributed by atoms with Crippen LogP contribution in [0.2, 0.25) is 0 Å². The number of sulfonamides is 1. The van der Waals surface area contributed by atoms with E-state index in [2.05, 4.69) is 0 Å². The highest BCUT2D eigenvalue weighted by Crippen LogP contribution is 2.30. The van der Waals surface area contributed by atoms with Gasteiger partial charge in [-0.15, -0.1) is 11.6 Å². The Balaban J connectivity index is 2.45. The summed E-state index contributed by atoms with van der Waals surface area (Å²) in [6.07, 6.45) is 2.78. The standard InChI is InChI=1S/C14H20ClNO2S/c1-3-13-7-5-9-16(13)19(17,18)14-8-4-6-12(10-15)11(14)2/h4,6,8,13H,3,5,7,9-10H2,1-2H3. The van der Waals surface area contributed by atoms with Crippen LogP contribution < -0.4 is 0 Å². The smallest absolute Gasteiger partial charge is 0.207 e. The summed E-state index contributed by atoms with van der Waals surface area (Å²) < 4.78 is 27.2. The van der Waals surface area contributed by atoms with E-state index < -0.39 is 10.0 Å². The largest absolute Gasteiger partial charge is 0.243 e. The van der Waals surface area contributed by atoms with E-state index in [0.717, 1.165) is 30.4 Å². The van der Waals surface area contributed by atoms with E-state index in [1.165, 1.54) is 0 Å². The Kier molecular flexibility index (Phi) is 4.54. The van der Waals surface area contributed by atoms with Crippen molar-refractivity contribution in [3.8, 4) is 0 Å². The fourth-order valence-electron chi connectivity index (χ4n) is 2.74. The molecular formula is C14H20ClNO2S. The van der Waals surface area contributed by atoms with E-state index in [1.54, 1.807) is 16.4 Å². The Hall–Kier alpha value is -0.580. The molecule has 3 nitrogen and oxygen atoms in total. The number of alkyl halides is 1. The van der Waals surface area contributed by atoms with Gasteiger partial charge in [0.1, 0.15) is 0 Å². The summed E-state index contributed by atoms with van der Waals surface area (Å²) in [5, 5.41) is 0. The van der Waals surface area contributed by atoms with Gasteiger partial charge >= 0.3 is 0 Å². The van der Waals surface area contributed by atoms with E-state index in [-0.39, 0.29) is 6.04 Å². The topological polar surface area (TPSA) is 37.4 Å². The molecule has 0 radical (unpaired) electrons. The minimum atomic E-state index is -3.39. The number of benzene rings is 1. The van der Waals surface area contributed by atoms with Crippen molar-refractivity contribution in [2.75, 3.05) is 6.54 Å². The molecule has 0 N–H and O–H groups in total. The van der Waals surface area contributed by atoms with Crippen molar-refractivity contribution < 1.29 is 8.42 Å². The van der Waals surface area contributed by atoms with Crippen LogP contribution >= 0.6 is 11.6 Å². The van der Waals surface area contributed by atoms with Crippen molar-refractivity contribution in [1.29, 1.82) is 0 Å². The molecule has 2 rings (SSSR count). The Labute approximate surface area is 120 Å². The maximum absolute atomic E-state index is 12.8. The summed E-state index contributed by atoms with van der Waals surface area (Å²) in [4.78, 5) is 0.408. The molecule has 1 saturated heterocycles. The fraction of sp³-hybridized carbons (Fsp3) is 0.571. The Morgan fingerprint density at radius 3 is 2.79 bits per heavy atom. The second kappa shape index (κ2) is 5.81. The molecule has 1 aromatic carbocycles. The Morgan fingerprint density at radius 1 is 1.42 bits per heavy atom. The molecule has 1 aliphatic rings. The lowest BCUT2D eigenvalue weighted by atomic mass is 10.1. The van der Waals surface area contributed by atoms with Crippen LogP contribution in [0, 0.1) is 6.92 Å². The SMILES string of the molecule is CCC1CCCN1S(=O)(=O)c1cccc(CCl)c1C. The number of halogens is 1. The van der Waals surface area contributed by atoms with Gasteiger partial charge in [-0.3, -0.25) is 0 Å². The van der Waals surface area contributed by atoms with Gasteiger partial charge in [0.15, 0.2) is 0 Å². The molecule has 5 heteroatoms. The molecule has 1 heterocycles. The molecule has 1 aromatic rings. The summed E-state index contributed by atoms with van der Waals surface area (Å²) in [6, 6.07) is 5.48. The van der Waals surface area contributed by atoms with Crippen LogP contribution in [0.3, 0.4) is 0 Å². The normalized spacial score (nSPS) is 20.9. The van der Waals surface area contributed by atoms with Crippen LogP contribution in [-0.4, -0.2) is 25.3 Å². The average Bonchev–Trinajstić information content (AvgIpc) is 2.87. The van der Waals surface area contributed by atoms with Gasteiger partial charge in [0.05, 0.1) is 4.90 Å². The second-order valence-corrected chi connectivity index (χ2v) is 7.12. The molecule has 1 aliphatic heterocycles. The van der Waals surface area contributed by atoms with Crippen molar-refractivity contribution in [3.63, 3.8) is 0 Å². The van der Waals surface area contributed by atoms with Crippen LogP contribution in [0.25, 0.3) is 0 Å². The third kappa shape index (κ3) is 2.67. The monoisotopic (exact) mass is 301 g/mol. The van der Waals surface area contributed by atoms with Gasteiger partial charge in [0, 0.05) is 18.5 Å². The van der Waals surface area contributed by atoms with E-state index in [0.29, 0.717) is 17.3 Å². The highest BCUT2D eigenvalue weighted by Gasteiger charge is 2.35. The maximum atomic E-state index is 12.8. The van der Waals surface area contributed by atoms with Crippen LogP contribution in [0.5, 0.6) is 0 Å². The molecule has 0 saturated carbocycles. The fourth-order valence-corrected chi connectivity index (χ4v) is 5.07. The number of nitrogens with zero attached hydrogens (tertiary/aromatic N) is 1. The van der Waals surface area contributed by atoms with Gasteiger partial charge in [-0.05, 0) is 43.4 Å². The molecule has 0 amide bonds. The van der Waals surface area contributed by atoms with E-state index in [4.69, 9.17) is 11.6 Å². The van der Waals surface area contributed by atoms with Crippen molar-refractivity contribution in [2.45, 2.75) is 49.9 Å². The molecule has 0 bridgehead atoms. The second-order valence-electron chi connectivity index (χ2n) is 4.99. The van der Waals surface area contributed by atoms with E-state index in [9.17, 15) is 8.42 Å². The quantitative estimate of drug-likeness (QED) is 0.800. The molecule has 0 spiro atoms. The first-order valence-electron chi connectivity index (χ1n) is 6.68. The van der Waals surface area contributed by atoms with E-state index >= 15 is 0 Å². The van der Waals surface area contributed by atoms with Crippen molar-refractivity contribution in [3.05, 3.63) is 29.3 Å². The lowest BCUT2D eigenvalue weighted by Crippen LogP contribution is -2.35. The van der Waals surface area contributed by atoms with Crippen LogP contribution in [0.1, 0.15) is 37.3 Å². The summed E-state index contributed by atoms with van der Waals surface area (Å²) in [5.41, 5.74) is 1.66. The maximum Gasteiger partial charge on any atom is 0.243 e. The third-order valence-electron chi connectivity index (χ3n) is 3.92. The average molecular weight is 302 g/mol. The molecule has 19 heavy (non-hydrogen) atoms. The van der Waals surface area contributed by atoms with Gasteiger partial charge in [-0.2, -0.15) is 4.31 Å². The first kappa shape index (κ1) is 14.8. The minimum Gasteiger partial charge on any atom is -0.207 e. The van der Waals surface area contributed by atoms with Crippen LogP contribution in [0.4, 0.5) is 0 Å². The third-order valence-corrected chi connectivity index (χ3v) is 6.31. The predicted molar refractivity (Wildman–Crippen MR) is 77.9 cm³/mol. The Bertz CT molecular complexity index is 557. The van der Waals surface area contributed by atoms with Gasteiger partial charge in [0.2, 0.25) is 10.0 Å². The number of rotatable bonds is 4. The highest BCUT2D eigenvalue weighted by atomic mass is 35.5. The molecule has 0 aliphatic carbocycles. The van der Waals surface area contributed by atoms with Gasteiger partial charge in [-0.25, -0.2) is 8.42 Å². The van der Waals surface area contributed by atoms with Crippen molar-refractivity contribution >= 4 is 21.6 Å². The Morgan fingerprint density at radius 2 is 2.16 bits per heavy atom. The lowest BCUT2D eigenvalue weighted by Gasteiger charge is -2.24. The molecule has 1 fully saturated rings. The molecule has 106 valence electrons. The zero-order chi connectivity index (χ0) is 14.0. The highest BCUT2D eigenvalue weighted by molar-refractivity contribution is 7.89. The number of hydrogen-bond donors (Lipinski definition) is 0. The van der Waals surface area contributed by atoms with Gasteiger partial charge in [-0.1, -0.05) is 19.1 Å². The van der Waals surface area contributed by atoms with Gasteiger partial charge < -0.3 is 0 Å². The number of hydrogen-bond acceptors (Lipinski definition) is 2. The van der Waals surface area contributed by atoms with Crippen molar-refractivity contribution in [2.24, 2.45) is 0 Å². The summed E-state index contributed by atoms with van der Waals surface area (Å²) in [6.45, 7) is 4.51. The lowest BCUT2D eigenvalue weighted by molar-refractivity contribution is 0.379. The molecule has 1 unspecified atom stereocenters. The summed E-state index contributed by atoms with van der Waals surface area (Å²) in [7, 11) is -3.39. The molecule has 1 atom stereocenters. The predicted octanol–water partition coefficient (Wildman–Crippen LogP) is 3.30. The zero-order valence-electron chi connectivity index (χ0n) is 11.4. The first-order valence-corrected chi connectivity index (χ1v) is 8.66. The van der Waals surface area contributed by atoms with Gasteiger partial charge in [0.25, 0.3) is 0 Å². The zero-order valence-corrected chi connectivity index (χ0v) is 13.0. The summed E-state index contributed by atoms with van der Waals surface area (Å²) >= 11 is 5.86.